The topological polar surface area (TPSA) is 78.7 Å². The highest BCUT2D eigenvalue weighted by molar-refractivity contribution is 9.09. The first kappa shape index (κ1) is 15.7. The number of carbonyl (C=O) groups is 1. The minimum atomic E-state index is -0.661. The first-order chi connectivity index (χ1) is 9.01. The van der Waals surface area contributed by atoms with E-state index in [9.17, 15) is 14.9 Å². The minimum Gasteiger partial charge on any atom is -0.492 e. The van der Waals surface area contributed by atoms with Crippen LogP contribution in [-0.2, 0) is 4.74 Å². The molecule has 0 N–H and O–H groups in total. The van der Waals surface area contributed by atoms with Crippen molar-refractivity contribution >= 4 is 39.2 Å². The van der Waals surface area contributed by atoms with Gasteiger partial charge in [0.15, 0.2) is 0 Å². The fraction of sp³-hybridized carbons (Fsp3) is 0.364. The molecule has 8 heteroatoms. The molecular weight excluding hydrogens is 341 g/mol. The van der Waals surface area contributed by atoms with Crippen molar-refractivity contribution in [2.75, 3.05) is 19.0 Å². The summed E-state index contributed by atoms with van der Waals surface area (Å²) >= 11 is 8.98. The summed E-state index contributed by atoms with van der Waals surface area (Å²) in [5.41, 5.74) is -0.254. The zero-order valence-corrected chi connectivity index (χ0v) is 12.4. The Morgan fingerprint density at radius 3 is 2.74 bits per heavy atom. The zero-order chi connectivity index (χ0) is 14.4. The number of alkyl halides is 1. The van der Waals surface area contributed by atoms with Gasteiger partial charge in [0.05, 0.1) is 24.7 Å². The highest BCUT2D eigenvalue weighted by Gasteiger charge is 2.22. The average molecular weight is 353 g/mol. The molecule has 0 saturated carbocycles. The number of nitro benzene ring substituents is 1. The fourth-order valence-electron chi connectivity index (χ4n) is 1.31. The van der Waals surface area contributed by atoms with Crippen LogP contribution < -0.4 is 4.74 Å². The summed E-state index contributed by atoms with van der Waals surface area (Å²) in [6.07, 6.45) is 0.692. The Bertz CT molecular complexity index is 494. The molecule has 0 aliphatic heterocycles. The number of carbonyl (C=O) groups excluding carboxylic acids is 1. The number of nitro groups is 1. The molecule has 0 saturated heterocycles. The van der Waals surface area contributed by atoms with Gasteiger partial charge in [0.1, 0.15) is 16.3 Å². The normalized spacial score (nSPS) is 10.1. The summed E-state index contributed by atoms with van der Waals surface area (Å²) in [6.45, 7) is 0.314. The Morgan fingerprint density at radius 1 is 1.53 bits per heavy atom. The lowest BCUT2D eigenvalue weighted by molar-refractivity contribution is -0.384. The number of esters is 1. The molecular formula is C11H11BrClNO5. The largest absolute Gasteiger partial charge is 0.492 e. The molecule has 1 aromatic rings. The second kappa shape index (κ2) is 7.30. The number of halogens is 2. The van der Waals surface area contributed by atoms with Gasteiger partial charge < -0.3 is 9.47 Å². The predicted molar refractivity (Wildman–Crippen MR) is 73.4 cm³/mol. The van der Waals surface area contributed by atoms with E-state index in [2.05, 4.69) is 20.7 Å². The van der Waals surface area contributed by atoms with Crippen LogP contribution in [0, 0.1) is 10.1 Å². The number of methoxy groups -OCH3 is 1. The van der Waals surface area contributed by atoms with E-state index in [1.54, 1.807) is 0 Å². The van der Waals surface area contributed by atoms with Gasteiger partial charge in [0, 0.05) is 5.33 Å². The van der Waals surface area contributed by atoms with Crippen molar-refractivity contribution in [3.8, 4) is 5.75 Å². The molecule has 1 aromatic carbocycles. The Morgan fingerprint density at radius 2 is 2.21 bits per heavy atom. The van der Waals surface area contributed by atoms with Crippen molar-refractivity contribution in [3.05, 3.63) is 32.8 Å². The highest BCUT2D eigenvalue weighted by Crippen LogP contribution is 2.33. The van der Waals surface area contributed by atoms with Gasteiger partial charge in [-0.25, -0.2) is 4.79 Å². The first-order valence-corrected chi connectivity index (χ1v) is 6.76. The van der Waals surface area contributed by atoms with E-state index in [1.807, 2.05) is 0 Å². The van der Waals surface area contributed by atoms with E-state index in [4.69, 9.17) is 16.3 Å². The van der Waals surface area contributed by atoms with Gasteiger partial charge in [-0.1, -0.05) is 27.5 Å². The van der Waals surface area contributed by atoms with Crippen LogP contribution in [0.1, 0.15) is 16.8 Å². The molecule has 0 fully saturated rings. The van der Waals surface area contributed by atoms with E-state index in [1.165, 1.54) is 13.2 Å². The lowest BCUT2D eigenvalue weighted by Crippen LogP contribution is -2.08. The zero-order valence-electron chi connectivity index (χ0n) is 10.0. The fourth-order valence-corrected chi connectivity index (χ4v) is 1.77. The molecule has 104 valence electrons. The molecule has 0 spiro atoms. The summed E-state index contributed by atoms with van der Waals surface area (Å²) in [4.78, 5) is 21.7. The van der Waals surface area contributed by atoms with Gasteiger partial charge in [-0.3, -0.25) is 10.1 Å². The van der Waals surface area contributed by atoms with Gasteiger partial charge >= 0.3 is 5.97 Å². The standard InChI is InChI=1S/C11H11BrClNO5/c1-18-11(15)7-5-8(13)9(14(16)17)6-10(7)19-4-2-3-12/h5-6H,2-4H2,1H3. The summed E-state index contributed by atoms with van der Waals surface area (Å²) in [7, 11) is 1.21. The van der Waals surface area contributed by atoms with Crippen LogP contribution in [0.4, 0.5) is 5.69 Å². The van der Waals surface area contributed by atoms with Crippen molar-refractivity contribution in [3.63, 3.8) is 0 Å². The Labute approximate surface area is 122 Å². The van der Waals surface area contributed by atoms with Gasteiger partial charge in [-0.15, -0.1) is 0 Å². The van der Waals surface area contributed by atoms with E-state index in [-0.39, 0.29) is 22.0 Å². The van der Waals surface area contributed by atoms with Crippen molar-refractivity contribution in [2.24, 2.45) is 0 Å². The van der Waals surface area contributed by atoms with Crippen LogP contribution in [0.25, 0.3) is 0 Å². The second-order valence-corrected chi connectivity index (χ2v) is 4.64. The Kier molecular flexibility index (Phi) is 6.04. The van der Waals surface area contributed by atoms with Crippen LogP contribution >= 0.6 is 27.5 Å². The third-order valence-corrected chi connectivity index (χ3v) is 3.05. The lowest BCUT2D eigenvalue weighted by atomic mass is 10.2. The summed E-state index contributed by atoms with van der Waals surface area (Å²) in [6, 6.07) is 2.30. The maximum atomic E-state index is 11.6. The number of nitrogens with zero attached hydrogens (tertiary/aromatic N) is 1. The molecule has 6 nitrogen and oxygen atoms in total. The molecule has 0 bridgehead atoms. The summed E-state index contributed by atoms with van der Waals surface area (Å²) in [5.74, 6) is -0.574. The Hall–Kier alpha value is -1.34. The van der Waals surface area contributed by atoms with Crippen LogP contribution in [-0.4, -0.2) is 29.9 Å². The molecule has 0 unspecified atom stereocenters. The van der Waals surface area contributed by atoms with Crippen LogP contribution in [0.15, 0.2) is 12.1 Å². The van der Waals surface area contributed by atoms with Gasteiger partial charge in [-0.2, -0.15) is 0 Å². The van der Waals surface area contributed by atoms with Gasteiger partial charge in [0.25, 0.3) is 5.69 Å². The molecule has 0 aromatic heterocycles. The molecule has 1 rings (SSSR count). The highest BCUT2D eigenvalue weighted by atomic mass is 79.9. The SMILES string of the molecule is COC(=O)c1cc(Cl)c([N+](=O)[O-])cc1OCCCBr. The summed E-state index contributed by atoms with van der Waals surface area (Å²) < 4.78 is 9.93. The molecule has 0 aliphatic rings. The van der Waals surface area contributed by atoms with E-state index < -0.39 is 10.9 Å². The van der Waals surface area contributed by atoms with Gasteiger partial charge in [0.2, 0.25) is 0 Å². The molecule has 19 heavy (non-hydrogen) atoms. The third-order valence-electron chi connectivity index (χ3n) is 2.19. The average Bonchev–Trinajstić information content (AvgIpc) is 2.39. The lowest BCUT2D eigenvalue weighted by Gasteiger charge is -2.10. The third kappa shape index (κ3) is 4.07. The van der Waals surface area contributed by atoms with Crippen LogP contribution in [0.5, 0.6) is 5.75 Å². The van der Waals surface area contributed by atoms with Gasteiger partial charge in [-0.05, 0) is 12.5 Å². The first-order valence-electron chi connectivity index (χ1n) is 5.26. The number of hydrogen-bond acceptors (Lipinski definition) is 5. The number of hydrogen-bond donors (Lipinski definition) is 0. The quantitative estimate of drug-likeness (QED) is 0.258. The minimum absolute atomic E-state index is 0.0627. The maximum absolute atomic E-state index is 11.6. The molecule has 0 amide bonds. The molecule has 0 heterocycles. The van der Waals surface area contributed by atoms with Crippen LogP contribution in [0.2, 0.25) is 5.02 Å². The van der Waals surface area contributed by atoms with E-state index in [0.29, 0.717) is 13.0 Å². The Balaban J connectivity index is 3.17. The summed E-state index contributed by atoms with van der Waals surface area (Å²) in [5, 5.41) is 11.4. The van der Waals surface area contributed by atoms with Crippen molar-refractivity contribution < 1.29 is 19.2 Å². The smallest absolute Gasteiger partial charge is 0.341 e. The van der Waals surface area contributed by atoms with Crippen molar-refractivity contribution in [1.82, 2.24) is 0 Å². The van der Waals surface area contributed by atoms with E-state index >= 15 is 0 Å². The second-order valence-electron chi connectivity index (χ2n) is 3.44. The number of benzene rings is 1. The van der Waals surface area contributed by atoms with Crippen molar-refractivity contribution in [1.29, 1.82) is 0 Å². The predicted octanol–water partition coefficient (Wildman–Crippen LogP) is 3.20. The number of rotatable bonds is 6. The van der Waals surface area contributed by atoms with Crippen LogP contribution in [0.3, 0.4) is 0 Å². The molecule has 0 radical (unpaired) electrons. The van der Waals surface area contributed by atoms with Crippen molar-refractivity contribution in [2.45, 2.75) is 6.42 Å². The monoisotopic (exact) mass is 351 g/mol. The maximum Gasteiger partial charge on any atom is 0.341 e. The molecule has 0 atom stereocenters. The number of ether oxygens (including phenoxy) is 2. The van der Waals surface area contributed by atoms with E-state index in [0.717, 1.165) is 11.4 Å². The molecule has 0 aliphatic carbocycles.